The van der Waals surface area contributed by atoms with Crippen LogP contribution >= 0.6 is 0 Å². The molecule has 138 valence electrons. The average molecular weight is 353 g/mol. The summed E-state index contributed by atoms with van der Waals surface area (Å²) in [6.07, 6.45) is 4.16. The minimum absolute atomic E-state index is 0.0127. The number of aromatic nitrogens is 1. The molecule has 1 saturated heterocycles. The lowest BCUT2D eigenvalue weighted by molar-refractivity contribution is -0.126. The Balaban J connectivity index is 1.55. The molecule has 26 heavy (non-hydrogen) atoms. The molecular formula is C21H27N3O2. The largest absolute Gasteiger partial charge is 0.357 e. The number of H-pyrrole nitrogens is 1. The second-order valence-corrected chi connectivity index (χ2v) is 7.31. The van der Waals surface area contributed by atoms with Crippen molar-refractivity contribution < 1.29 is 9.59 Å². The Labute approximate surface area is 154 Å². The Morgan fingerprint density at radius 3 is 2.50 bits per heavy atom. The molecule has 5 nitrogen and oxygen atoms in total. The number of piperidine rings is 1. The van der Waals surface area contributed by atoms with Crippen molar-refractivity contribution in [3.8, 4) is 0 Å². The summed E-state index contributed by atoms with van der Waals surface area (Å²) in [4.78, 5) is 29.8. The van der Waals surface area contributed by atoms with E-state index in [1.807, 2.05) is 49.2 Å². The molecule has 0 radical (unpaired) electrons. The van der Waals surface area contributed by atoms with Crippen LogP contribution in [0.1, 0.15) is 48.3 Å². The van der Waals surface area contributed by atoms with E-state index in [-0.39, 0.29) is 23.8 Å². The molecular weight excluding hydrogens is 326 g/mol. The minimum atomic E-state index is 0.0127. The monoisotopic (exact) mass is 353 g/mol. The summed E-state index contributed by atoms with van der Waals surface area (Å²) < 4.78 is 0. The Hall–Kier alpha value is -2.56. The fraction of sp³-hybridized carbons (Fsp3) is 0.429. The van der Waals surface area contributed by atoms with Gasteiger partial charge in [-0.05, 0) is 50.3 Å². The summed E-state index contributed by atoms with van der Waals surface area (Å²) in [6.45, 7) is 5.19. The van der Waals surface area contributed by atoms with Crippen LogP contribution in [0.4, 0.5) is 0 Å². The zero-order chi connectivity index (χ0) is 18.5. The normalized spacial score (nSPS) is 15.3. The first kappa shape index (κ1) is 18.2. The van der Waals surface area contributed by atoms with E-state index in [2.05, 4.69) is 22.4 Å². The smallest absolute Gasteiger partial charge is 0.270 e. The van der Waals surface area contributed by atoms with Crippen molar-refractivity contribution in [2.75, 3.05) is 13.1 Å². The predicted octanol–water partition coefficient (Wildman–Crippen LogP) is 2.98. The molecule has 0 bridgehead atoms. The highest BCUT2D eigenvalue weighted by Crippen LogP contribution is 2.20. The molecule has 5 heteroatoms. The third-order valence-corrected chi connectivity index (χ3v) is 4.81. The van der Waals surface area contributed by atoms with Crippen molar-refractivity contribution in [2.24, 2.45) is 5.92 Å². The molecule has 1 aliphatic rings. The number of amides is 2. The second-order valence-electron chi connectivity index (χ2n) is 7.31. The van der Waals surface area contributed by atoms with Gasteiger partial charge < -0.3 is 15.2 Å². The van der Waals surface area contributed by atoms with Crippen LogP contribution in [0.25, 0.3) is 0 Å². The lowest BCUT2D eigenvalue weighted by atomic mass is 9.95. The van der Waals surface area contributed by atoms with E-state index in [1.165, 1.54) is 5.56 Å². The predicted molar refractivity (Wildman–Crippen MR) is 102 cm³/mol. The van der Waals surface area contributed by atoms with Gasteiger partial charge in [0.05, 0.1) is 0 Å². The molecule has 2 heterocycles. The van der Waals surface area contributed by atoms with E-state index in [1.54, 1.807) is 0 Å². The molecule has 1 fully saturated rings. The van der Waals surface area contributed by atoms with Gasteiger partial charge in [0.25, 0.3) is 5.91 Å². The van der Waals surface area contributed by atoms with Crippen molar-refractivity contribution in [1.82, 2.24) is 15.2 Å². The molecule has 1 aliphatic heterocycles. The summed E-state index contributed by atoms with van der Waals surface area (Å²) >= 11 is 0. The molecule has 1 aromatic carbocycles. The van der Waals surface area contributed by atoms with Crippen molar-refractivity contribution >= 4 is 11.8 Å². The third kappa shape index (κ3) is 4.54. The van der Waals surface area contributed by atoms with Gasteiger partial charge in [-0.25, -0.2) is 0 Å². The molecule has 1 aromatic heterocycles. The molecule has 3 rings (SSSR count). The number of nitrogens with one attached hydrogen (secondary N) is 2. The molecule has 0 unspecified atom stereocenters. The summed E-state index contributed by atoms with van der Waals surface area (Å²) in [6, 6.07) is 12.3. The summed E-state index contributed by atoms with van der Waals surface area (Å²) in [5.41, 5.74) is 2.95. The van der Waals surface area contributed by atoms with Crippen LogP contribution in [0.2, 0.25) is 0 Å². The highest BCUT2D eigenvalue weighted by molar-refractivity contribution is 5.93. The van der Waals surface area contributed by atoms with Gasteiger partial charge in [-0.2, -0.15) is 0 Å². The van der Waals surface area contributed by atoms with E-state index < -0.39 is 0 Å². The first-order chi connectivity index (χ1) is 12.5. The Kier molecular flexibility index (Phi) is 5.76. The highest BCUT2D eigenvalue weighted by Gasteiger charge is 2.28. The molecule has 0 atom stereocenters. The summed E-state index contributed by atoms with van der Waals surface area (Å²) in [5, 5.41) is 2.97. The van der Waals surface area contributed by atoms with E-state index in [4.69, 9.17) is 0 Å². The maximum atomic E-state index is 12.7. The van der Waals surface area contributed by atoms with E-state index in [0.29, 0.717) is 18.8 Å². The Morgan fingerprint density at radius 2 is 1.85 bits per heavy atom. The van der Waals surface area contributed by atoms with Crippen molar-refractivity contribution in [3.63, 3.8) is 0 Å². The van der Waals surface area contributed by atoms with Crippen LogP contribution in [0.5, 0.6) is 0 Å². The van der Waals surface area contributed by atoms with Crippen molar-refractivity contribution in [3.05, 3.63) is 59.4 Å². The molecule has 2 aromatic rings. The van der Waals surface area contributed by atoms with Crippen LogP contribution in [0.3, 0.4) is 0 Å². The van der Waals surface area contributed by atoms with Gasteiger partial charge in [-0.15, -0.1) is 0 Å². The number of carbonyl (C=O) groups excluding carboxylic acids is 2. The fourth-order valence-electron chi connectivity index (χ4n) is 3.41. The number of hydrogen-bond donors (Lipinski definition) is 2. The average Bonchev–Trinajstić information content (AvgIpc) is 3.10. The molecule has 0 saturated carbocycles. The van der Waals surface area contributed by atoms with E-state index in [9.17, 15) is 9.59 Å². The van der Waals surface area contributed by atoms with Crippen LogP contribution in [-0.4, -0.2) is 40.8 Å². The van der Waals surface area contributed by atoms with Crippen molar-refractivity contribution in [2.45, 2.75) is 39.2 Å². The zero-order valence-electron chi connectivity index (χ0n) is 15.5. The zero-order valence-corrected chi connectivity index (χ0v) is 15.5. The van der Waals surface area contributed by atoms with Crippen LogP contribution < -0.4 is 5.32 Å². The quantitative estimate of drug-likeness (QED) is 0.868. The fourth-order valence-corrected chi connectivity index (χ4v) is 3.41. The summed E-state index contributed by atoms with van der Waals surface area (Å²) in [7, 11) is 0. The van der Waals surface area contributed by atoms with Gasteiger partial charge in [-0.3, -0.25) is 9.59 Å². The first-order valence-electron chi connectivity index (χ1n) is 9.34. The lowest BCUT2D eigenvalue weighted by Crippen LogP contribution is -2.44. The van der Waals surface area contributed by atoms with Gasteiger partial charge in [0.1, 0.15) is 5.69 Å². The molecule has 0 aliphatic carbocycles. The van der Waals surface area contributed by atoms with E-state index >= 15 is 0 Å². The van der Waals surface area contributed by atoms with Gasteiger partial charge in [0.2, 0.25) is 5.91 Å². The molecule has 2 amide bonds. The SMILES string of the molecule is CC(C)NC(=O)C1CCN(C(=O)c2cc(Cc3ccccc3)c[nH]2)CC1. The van der Waals surface area contributed by atoms with Crippen LogP contribution in [0, 0.1) is 5.92 Å². The number of rotatable bonds is 5. The maximum Gasteiger partial charge on any atom is 0.270 e. The van der Waals surface area contributed by atoms with Gasteiger partial charge >= 0.3 is 0 Å². The lowest BCUT2D eigenvalue weighted by Gasteiger charge is -2.31. The van der Waals surface area contributed by atoms with E-state index in [0.717, 1.165) is 24.8 Å². The van der Waals surface area contributed by atoms with Crippen LogP contribution in [-0.2, 0) is 11.2 Å². The first-order valence-corrected chi connectivity index (χ1v) is 9.34. The third-order valence-electron chi connectivity index (χ3n) is 4.81. The Morgan fingerprint density at radius 1 is 1.15 bits per heavy atom. The molecule has 2 N–H and O–H groups in total. The van der Waals surface area contributed by atoms with Crippen LogP contribution in [0.15, 0.2) is 42.6 Å². The molecule has 0 spiro atoms. The Bertz CT molecular complexity index is 744. The van der Waals surface area contributed by atoms with Gasteiger partial charge in [0, 0.05) is 31.2 Å². The number of nitrogens with zero attached hydrogens (tertiary/aromatic N) is 1. The number of likely N-dealkylation sites (tertiary alicyclic amines) is 1. The second kappa shape index (κ2) is 8.21. The number of benzene rings is 1. The number of carbonyl (C=O) groups is 2. The summed E-state index contributed by atoms with van der Waals surface area (Å²) in [5.74, 6) is 0.142. The minimum Gasteiger partial charge on any atom is -0.357 e. The maximum absolute atomic E-state index is 12.7. The topological polar surface area (TPSA) is 65.2 Å². The number of aromatic amines is 1. The highest BCUT2D eigenvalue weighted by atomic mass is 16.2. The number of hydrogen-bond acceptors (Lipinski definition) is 2. The van der Waals surface area contributed by atoms with Crippen molar-refractivity contribution in [1.29, 1.82) is 0 Å². The van der Waals surface area contributed by atoms with Gasteiger partial charge in [-0.1, -0.05) is 30.3 Å². The van der Waals surface area contributed by atoms with Gasteiger partial charge in [0.15, 0.2) is 0 Å². The standard InChI is InChI=1S/C21H27N3O2/c1-15(2)23-20(25)18-8-10-24(11-9-18)21(26)19-13-17(14-22-19)12-16-6-4-3-5-7-16/h3-7,13-15,18,22H,8-12H2,1-2H3,(H,23,25).